The first-order chi connectivity index (χ1) is 13.2. The Morgan fingerprint density at radius 1 is 1.04 bits per heavy atom. The van der Waals surface area contributed by atoms with Crippen LogP contribution in [0, 0.1) is 0 Å². The number of carboxylic acids is 1. The number of aliphatic carboxylic acids is 1. The number of thioether (sulfide) groups is 1. The molecule has 27 heavy (non-hydrogen) atoms. The number of ether oxygens (including phenoxy) is 2. The molecule has 1 N–H and O–H groups in total. The lowest BCUT2D eigenvalue weighted by Gasteiger charge is -2.11. The minimum atomic E-state index is -0.914. The van der Waals surface area contributed by atoms with Gasteiger partial charge in [0.2, 0.25) is 0 Å². The molecule has 8 heteroatoms. The summed E-state index contributed by atoms with van der Waals surface area (Å²) in [5.41, 5.74) is 0.808. The third kappa shape index (κ3) is 5.01. The van der Waals surface area contributed by atoms with E-state index < -0.39 is 5.97 Å². The number of hydrogen-bond acceptors (Lipinski definition) is 6. The van der Waals surface area contributed by atoms with Crippen LogP contribution in [0.25, 0.3) is 5.69 Å². The molecule has 0 aliphatic rings. The first-order valence-corrected chi connectivity index (χ1v) is 9.36. The van der Waals surface area contributed by atoms with Crippen molar-refractivity contribution in [1.29, 1.82) is 0 Å². The van der Waals surface area contributed by atoms with Crippen LogP contribution in [-0.4, -0.2) is 38.2 Å². The van der Waals surface area contributed by atoms with E-state index in [1.807, 2.05) is 61.5 Å². The molecule has 7 nitrogen and oxygen atoms in total. The maximum Gasteiger partial charge on any atom is 0.313 e. The van der Waals surface area contributed by atoms with E-state index in [1.54, 1.807) is 4.57 Å². The van der Waals surface area contributed by atoms with Crippen molar-refractivity contribution in [2.24, 2.45) is 0 Å². The molecule has 1 aromatic heterocycles. The van der Waals surface area contributed by atoms with E-state index >= 15 is 0 Å². The maximum atomic E-state index is 10.9. The summed E-state index contributed by atoms with van der Waals surface area (Å²) in [4.78, 5) is 10.9. The van der Waals surface area contributed by atoms with Gasteiger partial charge in [-0.15, -0.1) is 10.2 Å². The molecule has 1 heterocycles. The van der Waals surface area contributed by atoms with Gasteiger partial charge in [0.05, 0.1) is 12.4 Å². The predicted molar refractivity (Wildman–Crippen MR) is 102 cm³/mol. The molecule has 0 aliphatic heterocycles. The highest BCUT2D eigenvalue weighted by Crippen LogP contribution is 2.24. The van der Waals surface area contributed by atoms with Gasteiger partial charge in [-0.25, -0.2) is 0 Å². The minimum Gasteiger partial charge on any atom is -0.494 e. The molecule has 0 unspecified atom stereocenters. The van der Waals surface area contributed by atoms with Gasteiger partial charge in [-0.2, -0.15) is 0 Å². The molecule has 140 valence electrons. The molecular weight excluding hydrogens is 366 g/mol. The topological polar surface area (TPSA) is 86.5 Å². The molecule has 0 aliphatic carbocycles. The third-order valence-electron chi connectivity index (χ3n) is 3.54. The van der Waals surface area contributed by atoms with Crippen LogP contribution in [-0.2, 0) is 11.4 Å². The molecule has 0 amide bonds. The Morgan fingerprint density at radius 2 is 1.74 bits per heavy atom. The van der Waals surface area contributed by atoms with Crippen LogP contribution in [0.4, 0.5) is 0 Å². The van der Waals surface area contributed by atoms with Crippen LogP contribution in [0.15, 0.2) is 59.8 Å². The van der Waals surface area contributed by atoms with E-state index in [2.05, 4.69) is 10.2 Å². The summed E-state index contributed by atoms with van der Waals surface area (Å²) in [5.74, 6) is 1.04. The maximum absolute atomic E-state index is 10.9. The molecule has 0 spiro atoms. The highest BCUT2D eigenvalue weighted by atomic mass is 32.2. The number of benzene rings is 2. The fraction of sp³-hybridized carbons (Fsp3) is 0.211. The van der Waals surface area contributed by atoms with E-state index in [0.717, 1.165) is 28.9 Å². The zero-order chi connectivity index (χ0) is 19.1. The SMILES string of the molecule is CCOc1ccc(-n2c(COc3ccccc3)nnc2SCC(=O)O)cc1. The van der Waals surface area contributed by atoms with Gasteiger partial charge >= 0.3 is 5.97 Å². The van der Waals surface area contributed by atoms with Gasteiger partial charge in [0.1, 0.15) is 18.1 Å². The molecule has 0 saturated carbocycles. The molecule has 0 radical (unpaired) electrons. The van der Waals surface area contributed by atoms with Gasteiger partial charge in [-0.3, -0.25) is 9.36 Å². The van der Waals surface area contributed by atoms with Gasteiger partial charge in [0, 0.05) is 5.69 Å². The number of hydrogen-bond donors (Lipinski definition) is 1. The van der Waals surface area contributed by atoms with Crippen molar-refractivity contribution in [3.05, 3.63) is 60.4 Å². The van der Waals surface area contributed by atoms with Crippen molar-refractivity contribution in [3.63, 3.8) is 0 Å². The molecule has 3 aromatic rings. The van der Waals surface area contributed by atoms with Crippen molar-refractivity contribution in [3.8, 4) is 17.2 Å². The van der Waals surface area contributed by atoms with E-state index in [4.69, 9.17) is 14.6 Å². The predicted octanol–water partition coefficient (Wildman–Crippen LogP) is 3.42. The second-order valence-corrected chi connectivity index (χ2v) is 6.39. The Labute approximate surface area is 161 Å². The van der Waals surface area contributed by atoms with Crippen molar-refractivity contribution in [2.45, 2.75) is 18.7 Å². The summed E-state index contributed by atoms with van der Waals surface area (Å²) < 4.78 is 13.1. The number of rotatable bonds is 9. The Balaban J connectivity index is 1.87. The number of aromatic nitrogens is 3. The summed E-state index contributed by atoms with van der Waals surface area (Å²) in [6.07, 6.45) is 0. The fourth-order valence-corrected chi connectivity index (χ4v) is 3.09. The zero-order valence-electron chi connectivity index (χ0n) is 14.7. The van der Waals surface area contributed by atoms with Crippen LogP contribution in [0.3, 0.4) is 0 Å². The van der Waals surface area contributed by atoms with E-state index in [-0.39, 0.29) is 12.4 Å². The molecule has 2 aromatic carbocycles. The van der Waals surface area contributed by atoms with Crippen LogP contribution in [0.5, 0.6) is 11.5 Å². The highest BCUT2D eigenvalue weighted by molar-refractivity contribution is 7.99. The van der Waals surface area contributed by atoms with Crippen LogP contribution in [0.2, 0.25) is 0 Å². The number of para-hydroxylation sites is 1. The summed E-state index contributed by atoms with van der Waals surface area (Å²) in [6, 6.07) is 16.9. The van der Waals surface area contributed by atoms with Crippen molar-refractivity contribution in [2.75, 3.05) is 12.4 Å². The molecular formula is C19H19N3O4S. The Bertz CT molecular complexity index is 882. The normalized spacial score (nSPS) is 10.6. The number of carboxylic acid groups (broad SMARTS) is 1. The Hall–Kier alpha value is -3.00. The second-order valence-electron chi connectivity index (χ2n) is 5.45. The van der Waals surface area contributed by atoms with Crippen LogP contribution < -0.4 is 9.47 Å². The lowest BCUT2D eigenvalue weighted by molar-refractivity contribution is -0.133. The molecule has 3 rings (SSSR count). The minimum absolute atomic E-state index is 0.102. The number of carbonyl (C=O) groups is 1. The smallest absolute Gasteiger partial charge is 0.313 e. The first-order valence-electron chi connectivity index (χ1n) is 8.37. The van der Waals surface area contributed by atoms with Crippen LogP contribution >= 0.6 is 11.8 Å². The lowest BCUT2D eigenvalue weighted by Crippen LogP contribution is -2.07. The van der Waals surface area contributed by atoms with E-state index in [9.17, 15) is 4.79 Å². The monoisotopic (exact) mass is 385 g/mol. The molecule has 0 fully saturated rings. The van der Waals surface area contributed by atoms with E-state index in [0.29, 0.717) is 17.6 Å². The zero-order valence-corrected chi connectivity index (χ0v) is 15.6. The van der Waals surface area contributed by atoms with Crippen molar-refractivity contribution < 1.29 is 19.4 Å². The van der Waals surface area contributed by atoms with Gasteiger partial charge in [-0.05, 0) is 43.3 Å². The largest absolute Gasteiger partial charge is 0.494 e. The van der Waals surface area contributed by atoms with Gasteiger partial charge in [-0.1, -0.05) is 30.0 Å². The fourth-order valence-electron chi connectivity index (χ4n) is 2.40. The lowest BCUT2D eigenvalue weighted by atomic mass is 10.3. The van der Waals surface area contributed by atoms with Crippen LogP contribution in [0.1, 0.15) is 12.7 Å². The first kappa shape index (κ1) is 18.8. The summed E-state index contributed by atoms with van der Waals surface area (Å²) >= 11 is 1.11. The summed E-state index contributed by atoms with van der Waals surface area (Å²) in [7, 11) is 0. The van der Waals surface area contributed by atoms with E-state index in [1.165, 1.54) is 0 Å². The molecule has 0 saturated heterocycles. The highest BCUT2D eigenvalue weighted by Gasteiger charge is 2.16. The Kier molecular flexibility index (Phi) is 6.32. The average Bonchev–Trinajstić information content (AvgIpc) is 3.09. The quantitative estimate of drug-likeness (QED) is 0.565. The van der Waals surface area contributed by atoms with Crippen molar-refractivity contribution >= 4 is 17.7 Å². The molecule has 0 atom stereocenters. The van der Waals surface area contributed by atoms with Crippen molar-refractivity contribution in [1.82, 2.24) is 14.8 Å². The Morgan fingerprint density at radius 3 is 2.41 bits per heavy atom. The number of nitrogens with zero attached hydrogens (tertiary/aromatic N) is 3. The summed E-state index contributed by atoms with van der Waals surface area (Å²) in [5, 5.41) is 17.8. The van der Waals surface area contributed by atoms with Gasteiger partial charge < -0.3 is 14.6 Å². The van der Waals surface area contributed by atoms with Gasteiger partial charge in [0.25, 0.3) is 0 Å². The average molecular weight is 385 g/mol. The summed E-state index contributed by atoms with van der Waals surface area (Å²) in [6.45, 7) is 2.72. The standard InChI is InChI=1S/C19H19N3O4S/c1-2-25-16-10-8-14(9-11-16)22-17(12-26-15-6-4-3-5-7-15)20-21-19(22)27-13-18(23)24/h3-11H,2,12-13H2,1H3,(H,23,24). The third-order valence-corrected chi connectivity index (χ3v) is 4.46. The molecule has 0 bridgehead atoms. The van der Waals surface area contributed by atoms with Gasteiger partial charge in [0.15, 0.2) is 11.0 Å². The second kappa shape index (κ2) is 9.09.